The first-order valence-corrected chi connectivity index (χ1v) is 7.62. The monoisotopic (exact) mass is 572 g/mol. The molecule has 0 spiro atoms. The van der Waals surface area contributed by atoms with E-state index in [4.69, 9.17) is 28.4 Å². The molecule has 0 atom stereocenters. The summed E-state index contributed by atoms with van der Waals surface area (Å²) in [5.41, 5.74) is 0. The van der Waals surface area contributed by atoms with Crippen molar-refractivity contribution in [2.45, 2.75) is 0 Å². The molecule has 1 aliphatic heterocycles. The molecule has 1 heterocycles. The summed E-state index contributed by atoms with van der Waals surface area (Å²) < 4.78 is 33.0. The number of hydrogen-bond donors (Lipinski definition) is 0. The van der Waals surface area contributed by atoms with E-state index in [1.807, 2.05) is 24.3 Å². The van der Waals surface area contributed by atoms with Gasteiger partial charge in [-0.25, -0.2) is 0 Å². The fraction of sp³-hybridized carbons (Fsp3) is 0.625. The molecule has 6 nitrogen and oxygen atoms in total. The molecule has 1 aromatic carbocycles. The van der Waals surface area contributed by atoms with Crippen molar-refractivity contribution in [1.29, 1.82) is 0 Å². The van der Waals surface area contributed by atoms with Gasteiger partial charge in [-0.15, -0.1) is 0 Å². The summed E-state index contributed by atoms with van der Waals surface area (Å²) in [5.74, 6) is 1.43. The fourth-order valence-corrected chi connectivity index (χ4v) is 1.87. The van der Waals surface area contributed by atoms with Gasteiger partial charge in [0.1, 0.15) is 13.2 Å². The predicted octanol–water partition coefficient (Wildman–Crippen LogP) is -7.47. The molecule has 0 bridgehead atoms. The SMILES string of the molecule is [Br-].[Br-].[Cu+].[K+].c1ccc2c(c1)OCCOCCOCCOCCOCCO2. The third-order valence-corrected chi connectivity index (χ3v) is 2.94. The Bertz CT molecular complexity index is 383. The van der Waals surface area contributed by atoms with Gasteiger partial charge in [0.2, 0.25) is 0 Å². The van der Waals surface area contributed by atoms with E-state index in [9.17, 15) is 0 Å². The topological polar surface area (TPSA) is 55.4 Å². The molecule has 0 fully saturated rings. The van der Waals surface area contributed by atoms with Crippen LogP contribution in [0.15, 0.2) is 24.3 Å². The average molecular weight is 575 g/mol. The number of para-hydroxylation sites is 2. The minimum Gasteiger partial charge on any atom is -1.00 e. The van der Waals surface area contributed by atoms with Gasteiger partial charge in [-0.1, -0.05) is 12.1 Å². The predicted molar refractivity (Wildman–Crippen MR) is 80.7 cm³/mol. The Balaban J connectivity index is -0.00000132. The van der Waals surface area contributed by atoms with Crippen LogP contribution in [0.2, 0.25) is 0 Å². The van der Waals surface area contributed by atoms with E-state index in [0.29, 0.717) is 77.6 Å². The van der Waals surface area contributed by atoms with Gasteiger partial charge in [-0.2, -0.15) is 0 Å². The van der Waals surface area contributed by atoms with Gasteiger partial charge in [-0.05, 0) is 12.1 Å². The third kappa shape index (κ3) is 15.7. The van der Waals surface area contributed by atoms with Crippen molar-refractivity contribution in [2.75, 3.05) is 66.1 Å². The zero-order chi connectivity index (χ0) is 15.3. The molecule has 1 aromatic rings. The number of rotatable bonds is 0. The Morgan fingerprint density at radius 1 is 0.500 bits per heavy atom. The molecule has 1 aliphatic rings. The molecule has 26 heavy (non-hydrogen) atoms. The Morgan fingerprint density at radius 2 is 0.769 bits per heavy atom. The van der Waals surface area contributed by atoms with Gasteiger partial charge in [0.25, 0.3) is 0 Å². The second-order valence-corrected chi connectivity index (χ2v) is 4.59. The van der Waals surface area contributed by atoms with Crippen molar-refractivity contribution >= 4 is 0 Å². The Kier molecular flexibility index (Phi) is 28.8. The number of benzene rings is 1. The van der Waals surface area contributed by atoms with Crippen LogP contribution in [0.1, 0.15) is 0 Å². The maximum absolute atomic E-state index is 5.68. The minimum atomic E-state index is 0. The van der Waals surface area contributed by atoms with Gasteiger partial charge in [0.15, 0.2) is 11.5 Å². The van der Waals surface area contributed by atoms with Crippen molar-refractivity contribution < 1.29 is 131 Å². The van der Waals surface area contributed by atoms with E-state index in [2.05, 4.69) is 0 Å². The van der Waals surface area contributed by atoms with Crippen LogP contribution in [0.5, 0.6) is 11.5 Å². The Hall–Kier alpha value is 1.78. The molecule has 10 heteroatoms. The van der Waals surface area contributed by atoms with Gasteiger partial charge in [-0.3, -0.25) is 0 Å². The van der Waals surface area contributed by atoms with Gasteiger partial charge < -0.3 is 62.4 Å². The Morgan fingerprint density at radius 3 is 1.08 bits per heavy atom. The van der Waals surface area contributed by atoms with Crippen LogP contribution in [-0.4, -0.2) is 66.1 Å². The maximum Gasteiger partial charge on any atom is 1.00 e. The van der Waals surface area contributed by atoms with Crippen molar-refractivity contribution in [3.63, 3.8) is 0 Å². The summed E-state index contributed by atoms with van der Waals surface area (Å²) in [6, 6.07) is 7.59. The van der Waals surface area contributed by atoms with Crippen molar-refractivity contribution in [3.8, 4) is 11.5 Å². The Labute approximate surface area is 229 Å². The number of ether oxygens (including phenoxy) is 6. The molecule has 0 radical (unpaired) electrons. The van der Waals surface area contributed by atoms with Crippen LogP contribution < -0.4 is 94.8 Å². The molecular formula is C16H24Br2CuKO6. The van der Waals surface area contributed by atoms with Crippen LogP contribution >= 0.6 is 0 Å². The standard InChI is InChI=1S/C16H24O6.2BrH.Cu.K/c1-2-4-16-15(3-1)21-13-11-19-9-7-17-5-6-18-8-10-20-12-14-22-16;;;;/h1-4H,5-14H2;2*1H;;/q;;;2*+1/p-2. The number of hydrogen-bond acceptors (Lipinski definition) is 6. The number of fused-ring (bicyclic) bond motifs is 1. The molecule has 0 aromatic heterocycles. The zero-order valence-electron chi connectivity index (χ0n) is 14.9. The third-order valence-electron chi connectivity index (χ3n) is 2.94. The summed E-state index contributed by atoms with van der Waals surface area (Å²) in [7, 11) is 0. The first-order chi connectivity index (χ1) is 11.0. The summed E-state index contributed by atoms with van der Waals surface area (Å²) in [6.45, 7) is 5.30. The van der Waals surface area contributed by atoms with E-state index in [0.717, 1.165) is 0 Å². The van der Waals surface area contributed by atoms with E-state index < -0.39 is 0 Å². The summed E-state index contributed by atoms with van der Waals surface area (Å²) in [5, 5.41) is 0. The first-order valence-electron chi connectivity index (χ1n) is 7.62. The molecular weight excluding hydrogens is 551 g/mol. The molecule has 0 saturated heterocycles. The summed E-state index contributed by atoms with van der Waals surface area (Å²) >= 11 is 0. The minimum absolute atomic E-state index is 0. The van der Waals surface area contributed by atoms with Crippen molar-refractivity contribution in [2.24, 2.45) is 0 Å². The maximum atomic E-state index is 5.68. The summed E-state index contributed by atoms with van der Waals surface area (Å²) in [4.78, 5) is 0. The molecule has 150 valence electrons. The average Bonchev–Trinajstić information content (AvgIpc) is 2.55. The molecule has 0 aliphatic carbocycles. The van der Waals surface area contributed by atoms with E-state index in [1.165, 1.54) is 0 Å². The van der Waals surface area contributed by atoms with Crippen molar-refractivity contribution in [3.05, 3.63) is 24.3 Å². The van der Waals surface area contributed by atoms with Crippen LogP contribution in [0.25, 0.3) is 0 Å². The normalized spacial score (nSPS) is 16.8. The molecule has 2 rings (SSSR count). The van der Waals surface area contributed by atoms with E-state index in [1.54, 1.807) is 0 Å². The van der Waals surface area contributed by atoms with Gasteiger partial charge in [0.05, 0.1) is 52.9 Å². The van der Waals surface area contributed by atoms with E-state index >= 15 is 0 Å². The quantitative estimate of drug-likeness (QED) is 0.287. The second-order valence-electron chi connectivity index (χ2n) is 4.59. The largest absolute Gasteiger partial charge is 1.00 e. The number of halogens is 2. The first kappa shape index (κ1) is 32.4. The molecule has 0 saturated carbocycles. The van der Waals surface area contributed by atoms with Gasteiger partial charge >= 0.3 is 68.5 Å². The molecule has 0 amide bonds. The fourth-order valence-electron chi connectivity index (χ4n) is 1.87. The van der Waals surface area contributed by atoms with Crippen LogP contribution in [0, 0.1) is 0 Å². The van der Waals surface area contributed by atoms with Crippen LogP contribution in [0.4, 0.5) is 0 Å². The molecule has 0 N–H and O–H groups in total. The van der Waals surface area contributed by atoms with Gasteiger partial charge in [0, 0.05) is 0 Å². The van der Waals surface area contributed by atoms with Crippen molar-refractivity contribution in [1.82, 2.24) is 0 Å². The molecule has 0 unspecified atom stereocenters. The second kappa shape index (κ2) is 23.1. The summed E-state index contributed by atoms with van der Waals surface area (Å²) in [6.07, 6.45) is 0. The zero-order valence-corrected chi connectivity index (χ0v) is 22.1. The smallest absolute Gasteiger partial charge is 1.00 e. The van der Waals surface area contributed by atoms with Crippen LogP contribution in [-0.2, 0) is 36.0 Å². The van der Waals surface area contributed by atoms with Crippen LogP contribution in [0.3, 0.4) is 0 Å². The van der Waals surface area contributed by atoms with E-state index in [-0.39, 0.29) is 102 Å².